The maximum atomic E-state index is 12.3. The van der Waals surface area contributed by atoms with Crippen molar-refractivity contribution in [2.75, 3.05) is 20.8 Å². The van der Waals surface area contributed by atoms with Gasteiger partial charge in [-0.2, -0.15) is 0 Å². The summed E-state index contributed by atoms with van der Waals surface area (Å²) in [6.45, 7) is -0.592. The second-order valence-electron chi connectivity index (χ2n) is 4.93. The Kier molecular flexibility index (Phi) is 5.33. The number of hydrogen-bond donors (Lipinski definition) is 3. The van der Waals surface area contributed by atoms with E-state index in [0.717, 1.165) is 12.1 Å². The number of aromatic hydroxyl groups is 3. The Bertz CT molecular complexity index is 789. The van der Waals surface area contributed by atoms with Gasteiger partial charge in [-0.15, -0.1) is 0 Å². The van der Waals surface area contributed by atoms with Crippen LogP contribution in [0.2, 0.25) is 0 Å². The number of phenolic OH excluding ortho intramolecular Hbond substituents is 3. The molecule has 0 unspecified atom stereocenters. The minimum Gasteiger partial charge on any atom is -0.504 e. The van der Waals surface area contributed by atoms with Crippen molar-refractivity contribution in [1.29, 1.82) is 0 Å². The van der Waals surface area contributed by atoms with Gasteiger partial charge in [-0.3, -0.25) is 4.79 Å². The van der Waals surface area contributed by atoms with E-state index in [1.165, 1.54) is 20.3 Å². The lowest BCUT2D eigenvalue weighted by molar-refractivity contribution is 0.0473. The first-order valence-corrected chi connectivity index (χ1v) is 7.04. The maximum Gasteiger partial charge on any atom is 0.338 e. The Labute approximate surface area is 142 Å². The average Bonchev–Trinajstić information content (AvgIpc) is 2.62. The molecule has 0 atom stereocenters. The molecular weight excluding hydrogens is 332 g/mol. The van der Waals surface area contributed by atoms with E-state index in [0.29, 0.717) is 11.5 Å². The molecule has 0 aromatic heterocycles. The molecule has 0 aliphatic carbocycles. The summed E-state index contributed by atoms with van der Waals surface area (Å²) < 4.78 is 15.0. The van der Waals surface area contributed by atoms with Gasteiger partial charge in [0, 0.05) is 0 Å². The van der Waals surface area contributed by atoms with Crippen LogP contribution in [0.25, 0.3) is 0 Å². The van der Waals surface area contributed by atoms with Crippen molar-refractivity contribution in [2.45, 2.75) is 0 Å². The number of rotatable bonds is 6. The number of hydrogen-bond acceptors (Lipinski definition) is 8. The first-order valence-electron chi connectivity index (χ1n) is 7.04. The lowest BCUT2D eigenvalue weighted by atomic mass is 10.1. The highest BCUT2D eigenvalue weighted by atomic mass is 16.5. The van der Waals surface area contributed by atoms with Gasteiger partial charge in [-0.1, -0.05) is 0 Å². The Hall–Kier alpha value is -3.42. The van der Waals surface area contributed by atoms with Crippen LogP contribution >= 0.6 is 0 Å². The van der Waals surface area contributed by atoms with Crippen LogP contribution in [0.5, 0.6) is 28.7 Å². The second-order valence-corrected chi connectivity index (χ2v) is 4.93. The third-order valence-corrected chi connectivity index (χ3v) is 3.35. The predicted octanol–water partition coefficient (Wildman–Crippen LogP) is 1.86. The largest absolute Gasteiger partial charge is 0.504 e. The lowest BCUT2D eigenvalue weighted by Gasteiger charge is -2.10. The van der Waals surface area contributed by atoms with E-state index in [9.17, 15) is 24.9 Å². The lowest BCUT2D eigenvalue weighted by Crippen LogP contribution is -2.15. The number of esters is 1. The molecule has 0 radical (unpaired) electrons. The minimum atomic E-state index is -0.958. The van der Waals surface area contributed by atoms with Gasteiger partial charge < -0.3 is 29.5 Å². The van der Waals surface area contributed by atoms with Crippen LogP contribution in [-0.2, 0) is 4.74 Å². The zero-order chi connectivity index (χ0) is 18.6. The molecule has 0 spiro atoms. The zero-order valence-corrected chi connectivity index (χ0v) is 13.5. The van der Waals surface area contributed by atoms with Crippen molar-refractivity contribution in [1.82, 2.24) is 0 Å². The number of carbonyl (C=O) groups excluding carboxylic acids is 2. The molecule has 0 fully saturated rings. The van der Waals surface area contributed by atoms with Gasteiger partial charge in [0.05, 0.1) is 25.3 Å². The first kappa shape index (κ1) is 17.9. The van der Waals surface area contributed by atoms with Gasteiger partial charge in [-0.25, -0.2) is 4.79 Å². The topological polar surface area (TPSA) is 123 Å². The van der Waals surface area contributed by atoms with Crippen molar-refractivity contribution in [3.63, 3.8) is 0 Å². The summed E-state index contributed by atoms with van der Waals surface area (Å²) >= 11 is 0. The molecule has 132 valence electrons. The standard InChI is InChI=1S/C17H16O8/c1-23-10-3-4-15(24-2)11(7-10)14(20)8-25-17(22)9-5-12(18)16(21)13(19)6-9/h3-7,18-19,21H,8H2,1-2H3. The number of phenols is 3. The monoisotopic (exact) mass is 348 g/mol. The number of ether oxygens (including phenoxy) is 3. The van der Waals surface area contributed by atoms with E-state index in [1.54, 1.807) is 12.1 Å². The molecule has 0 heterocycles. The highest BCUT2D eigenvalue weighted by Crippen LogP contribution is 2.35. The molecule has 2 aromatic rings. The van der Waals surface area contributed by atoms with Crippen LogP contribution in [0.3, 0.4) is 0 Å². The third-order valence-electron chi connectivity index (χ3n) is 3.35. The molecule has 8 heteroatoms. The SMILES string of the molecule is COc1ccc(OC)c(C(=O)COC(=O)c2cc(O)c(O)c(O)c2)c1. The predicted molar refractivity (Wildman–Crippen MR) is 85.6 cm³/mol. The van der Waals surface area contributed by atoms with Crippen LogP contribution < -0.4 is 9.47 Å². The molecule has 0 aliphatic heterocycles. The van der Waals surface area contributed by atoms with Crippen molar-refractivity contribution in [3.05, 3.63) is 41.5 Å². The first-order chi connectivity index (χ1) is 11.9. The van der Waals surface area contributed by atoms with Crippen molar-refractivity contribution in [2.24, 2.45) is 0 Å². The number of Topliss-reactive ketones (excluding diaryl/α,β-unsaturated/α-hetero) is 1. The normalized spacial score (nSPS) is 10.2. The van der Waals surface area contributed by atoms with Crippen LogP contribution in [0, 0.1) is 0 Å². The average molecular weight is 348 g/mol. The van der Waals surface area contributed by atoms with Crippen molar-refractivity contribution in [3.8, 4) is 28.7 Å². The quantitative estimate of drug-likeness (QED) is 0.411. The summed E-state index contributed by atoms with van der Waals surface area (Å²) in [6.07, 6.45) is 0. The van der Waals surface area contributed by atoms with E-state index in [1.807, 2.05) is 0 Å². The van der Waals surface area contributed by atoms with Gasteiger partial charge in [0.1, 0.15) is 11.5 Å². The van der Waals surface area contributed by atoms with E-state index >= 15 is 0 Å². The maximum absolute atomic E-state index is 12.3. The van der Waals surface area contributed by atoms with Crippen LogP contribution in [0.1, 0.15) is 20.7 Å². The molecule has 0 saturated carbocycles. The molecule has 25 heavy (non-hydrogen) atoms. The third kappa shape index (κ3) is 3.92. The van der Waals surface area contributed by atoms with Crippen molar-refractivity contribution < 1.29 is 39.1 Å². The number of methoxy groups -OCH3 is 2. The molecule has 2 aromatic carbocycles. The summed E-state index contributed by atoms with van der Waals surface area (Å²) in [5, 5.41) is 28.0. The van der Waals surface area contributed by atoms with E-state index in [-0.39, 0.29) is 11.1 Å². The van der Waals surface area contributed by atoms with Crippen LogP contribution in [0.15, 0.2) is 30.3 Å². The van der Waals surface area contributed by atoms with Crippen LogP contribution in [-0.4, -0.2) is 47.9 Å². The minimum absolute atomic E-state index is 0.172. The Morgan fingerprint density at radius 1 is 0.960 bits per heavy atom. The Morgan fingerprint density at radius 3 is 2.16 bits per heavy atom. The van der Waals surface area contributed by atoms with Crippen molar-refractivity contribution >= 4 is 11.8 Å². The van der Waals surface area contributed by atoms with Gasteiger partial charge in [0.2, 0.25) is 5.78 Å². The highest BCUT2D eigenvalue weighted by molar-refractivity contribution is 6.01. The summed E-state index contributed by atoms with van der Waals surface area (Å²) in [5.74, 6) is -2.89. The number of ketones is 1. The fraction of sp³-hybridized carbons (Fsp3) is 0.176. The smallest absolute Gasteiger partial charge is 0.338 e. The summed E-state index contributed by atoms with van der Waals surface area (Å²) in [7, 11) is 2.84. The number of benzene rings is 2. The van der Waals surface area contributed by atoms with E-state index in [4.69, 9.17) is 14.2 Å². The summed E-state index contributed by atoms with van der Waals surface area (Å²) in [4.78, 5) is 24.2. The highest BCUT2D eigenvalue weighted by Gasteiger charge is 2.18. The van der Waals surface area contributed by atoms with Gasteiger partial charge >= 0.3 is 5.97 Å². The summed E-state index contributed by atoms with van der Waals surface area (Å²) in [5.41, 5.74) is -0.0516. The Morgan fingerprint density at radius 2 is 1.60 bits per heavy atom. The summed E-state index contributed by atoms with van der Waals surface area (Å²) in [6, 6.07) is 6.43. The zero-order valence-electron chi connectivity index (χ0n) is 13.5. The molecule has 3 N–H and O–H groups in total. The molecular formula is C17H16O8. The molecule has 8 nitrogen and oxygen atoms in total. The molecule has 2 rings (SSSR count). The van der Waals surface area contributed by atoms with E-state index in [2.05, 4.69) is 0 Å². The van der Waals surface area contributed by atoms with Crippen LogP contribution in [0.4, 0.5) is 0 Å². The molecule has 0 bridgehead atoms. The number of carbonyl (C=O) groups is 2. The molecule has 0 amide bonds. The van der Waals surface area contributed by atoms with Gasteiger partial charge in [-0.05, 0) is 30.3 Å². The second kappa shape index (κ2) is 7.43. The fourth-order valence-corrected chi connectivity index (χ4v) is 2.05. The molecule has 0 saturated heterocycles. The molecule has 0 aliphatic rings. The fourth-order valence-electron chi connectivity index (χ4n) is 2.05. The van der Waals surface area contributed by atoms with Gasteiger partial charge in [0.25, 0.3) is 0 Å². The van der Waals surface area contributed by atoms with Gasteiger partial charge in [0.15, 0.2) is 23.9 Å². The van der Waals surface area contributed by atoms with E-state index < -0.39 is 35.6 Å². The Balaban J connectivity index is 2.13.